The van der Waals surface area contributed by atoms with E-state index in [4.69, 9.17) is 0 Å². The summed E-state index contributed by atoms with van der Waals surface area (Å²) in [6.45, 7) is 4.71. The van der Waals surface area contributed by atoms with E-state index in [-0.39, 0.29) is 11.4 Å². The zero-order valence-electron chi connectivity index (χ0n) is 18.4. The SMILES string of the molecule is C=C/C(=C\C=C\c1cc(C(=O)NC(C(C)(C)O)C(F)(F)F)c(=O)n(-c2cccnc2)n1)C(F)(F)F. The number of allylic oxidation sites excluding steroid dienone is 4. The van der Waals surface area contributed by atoms with Crippen LogP contribution in [0.4, 0.5) is 26.3 Å². The van der Waals surface area contributed by atoms with Gasteiger partial charge >= 0.3 is 12.4 Å². The first-order valence-electron chi connectivity index (χ1n) is 9.78. The fraction of sp³-hybridized carbons (Fsp3) is 0.273. The number of hydrogen-bond donors (Lipinski definition) is 2. The van der Waals surface area contributed by atoms with Gasteiger partial charge in [-0.3, -0.25) is 14.6 Å². The van der Waals surface area contributed by atoms with Gasteiger partial charge in [0.2, 0.25) is 0 Å². The molecule has 188 valence electrons. The highest BCUT2D eigenvalue weighted by Gasteiger charge is 2.49. The molecule has 1 atom stereocenters. The smallest absolute Gasteiger partial charge is 0.388 e. The molecule has 1 amide bonds. The van der Waals surface area contributed by atoms with E-state index in [0.29, 0.717) is 16.8 Å². The highest BCUT2D eigenvalue weighted by Crippen LogP contribution is 2.28. The van der Waals surface area contributed by atoms with Gasteiger partial charge in [-0.05, 0) is 44.2 Å². The molecule has 0 aliphatic carbocycles. The van der Waals surface area contributed by atoms with Crippen molar-refractivity contribution in [2.45, 2.75) is 37.8 Å². The maximum Gasteiger partial charge on any atom is 0.416 e. The van der Waals surface area contributed by atoms with Gasteiger partial charge in [0, 0.05) is 6.20 Å². The Morgan fingerprint density at radius 2 is 1.89 bits per heavy atom. The van der Waals surface area contributed by atoms with E-state index >= 15 is 0 Å². The lowest BCUT2D eigenvalue weighted by molar-refractivity contribution is -0.192. The van der Waals surface area contributed by atoms with E-state index in [2.05, 4.69) is 16.7 Å². The van der Waals surface area contributed by atoms with Crippen molar-refractivity contribution >= 4 is 12.0 Å². The first-order chi connectivity index (χ1) is 16.1. The molecule has 35 heavy (non-hydrogen) atoms. The lowest BCUT2D eigenvalue weighted by Crippen LogP contribution is -2.58. The number of carbonyl (C=O) groups is 1. The number of aromatic nitrogens is 3. The summed E-state index contributed by atoms with van der Waals surface area (Å²) in [5.74, 6) is -1.48. The number of amides is 1. The predicted octanol–water partition coefficient (Wildman–Crippen LogP) is 3.75. The third kappa shape index (κ3) is 7.12. The van der Waals surface area contributed by atoms with Crippen LogP contribution in [-0.4, -0.2) is 49.8 Å². The lowest BCUT2D eigenvalue weighted by Gasteiger charge is -2.31. The Bertz CT molecular complexity index is 1180. The highest BCUT2D eigenvalue weighted by molar-refractivity contribution is 5.94. The number of halogens is 6. The van der Waals surface area contributed by atoms with Crippen molar-refractivity contribution in [1.29, 1.82) is 0 Å². The molecule has 13 heteroatoms. The largest absolute Gasteiger partial charge is 0.416 e. The van der Waals surface area contributed by atoms with Crippen LogP contribution in [0.25, 0.3) is 11.8 Å². The van der Waals surface area contributed by atoms with E-state index in [1.165, 1.54) is 24.5 Å². The molecule has 2 N–H and O–H groups in total. The normalized spacial score (nSPS) is 14.1. The number of nitrogens with one attached hydrogen (secondary N) is 1. The molecule has 0 fully saturated rings. The molecule has 2 heterocycles. The monoisotopic (exact) mass is 502 g/mol. The number of carbonyl (C=O) groups excluding carboxylic acids is 1. The summed E-state index contributed by atoms with van der Waals surface area (Å²) in [5, 5.41) is 15.4. The van der Waals surface area contributed by atoms with E-state index in [1.54, 1.807) is 5.32 Å². The van der Waals surface area contributed by atoms with Crippen LogP contribution >= 0.6 is 0 Å². The zero-order chi connectivity index (χ0) is 26.6. The molecule has 0 saturated heterocycles. The van der Waals surface area contributed by atoms with Crippen LogP contribution in [0.1, 0.15) is 29.9 Å². The van der Waals surface area contributed by atoms with Gasteiger partial charge < -0.3 is 10.4 Å². The number of pyridine rings is 1. The van der Waals surface area contributed by atoms with Gasteiger partial charge in [0.25, 0.3) is 11.5 Å². The fourth-order valence-electron chi connectivity index (χ4n) is 2.81. The van der Waals surface area contributed by atoms with Gasteiger partial charge in [-0.2, -0.15) is 36.1 Å². The predicted molar refractivity (Wildman–Crippen MR) is 115 cm³/mol. The minimum absolute atomic E-state index is 0.0364. The van der Waals surface area contributed by atoms with Crippen molar-refractivity contribution < 1.29 is 36.2 Å². The van der Waals surface area contributed by atoms with Crippen LogP contribution in [0.5, 0.6) is 0 Å². The molecule has 1 unspecified atom stereocenters. The van der Waals surface area contributed by atoms with E-state index in [1.807, 2.05) is 0 Å². The summed E-state index contributed by atoms with van der Waals surface area (Å²) >= 11 is 0. The molecule has 7 nitrogen and oxygen atoms in total. The number of aliphatic hydroxyl groups is 1. The third-order valence-corrected chi connectivity index (χ3v) is 4.46. The Labute approximate surface area is 195 Å². The van der Waals surface area contributed by atoms with Crippen LogP contribution in [0.2, 0.25) is 0 Å². The van der Waals surface area contributed by atoms with Gasteiger partial charge in [-0.15, -0.1) is 0 Å². The van der Waals surface area contributed by atoms with Crippen LogP contribution in [0, 0.1) is 0 Å². The average Bonchev–Trinajstić information content (AvgIpc) is 2.73. The third-order valence-electron chi connectivity index (χ3n) is 4.46. The fourth-order valence-corrected chi connectivity index (χ4v) is 2.81. The summed E-state index contributed by atoms with van der Waals surface area (Å²) in [6.07, 6.45) is -4.06. The van der Waals surface area contributed by atoms with Gasteiger partial charge in [0.15, 0.2) is 6.04 Å². The number of rotatable bonds is 7. The van der Waals surface area contributed by atoms with Gasteiger partial charge in [0.05, 0.1) is 28.8 Å². The van der Waals surface area contributed by atoms with Crippen LogP contribution < -0.4 is 10.9 Å². The minimum Gasteiger partial charge on any atom is -0.388 e. The van der Waals surface area contributed by atoms with Gasteiger partial charge in [-0.25, -0.2) is 0 Å². The molecule has 0 saturated carbocycles. The quantitative estimate of drug-likeness (QED) is 0.444. The Morgan fingerprint density at radius 3 is 2.37 bits per heavy atom. The summed E-state index contributed by atoms with van der Waals surface area (Å²) < 4.78 is 79.4. The first kappa shape index (κ1) is 27.5. The molecular formula is C22H20F6N4O3. The van der Waals surface area contributed by atoms with Crippen molar-refractivity contribution in [3.8, 4) is 5.69 Å². The zero-order valence-corrected chi connectivity index (χ0v) is 18.4. The van der Waals surface area contributed by atoms with Crippen molar-refractivity contribution in [3.63, 3.8) is 0 Å². The topological polar surface area (TPSA) is 97.1 Å². The standard InChI is InChI=1S/C22H20F6N4O3/c1-4-13(21(23,24)25)7-5-8-14-11-16(17(33)30-19(20(2,3)35)22(26,27)28)18(34)32(31-14)15-9-6-10-29-12-15/h4-12,19,35H,1H2,2-3H3,(H,30,33)/b8-5+,13-7+. The van der Waals surface area contributed by atoms with Crippen molar-refractivity contribution in [2.75, 3.05) is 0 Å². The number of hydrogen-bond acceptors (Lipinski definition) is 5. The van der Waals surface area contributed by atoms with Gasteiger partial charge in [0.1, 0.15) is 5.56 Å². The first-order valence-corrected chi connectivity index (χ1v) is 9.78. The minimum atomic E-state index is -5.06. The summed E-state index contributed by atoms with van der Waals surface area (Å²) in [5.41, 5.74) is -5.64. The van der Waals surface area contributed by atoms with Crippen LogP contribution in [-0.2, 0) is 0 Å². The van der Waals surface area contributed by atoms with Crippen molar-refractivity contribution in [3.05, 3.63) is 82.6 Å². The molecule has 2 aromatic rings. The molecule has 0 bridgehead atoms. The second-order valence-electron chi connectivity index (χ2n) is 7.70. The molecule has 2 aromatic heterocycles. The number of alkyl halides is 6. The molecule has 0 aliphatic heterocycles. The Balaban J connectivity index is 2.62. The van der Waals surface area contributed by atoms with E-state index < -0.39 is 46.6 Å². The molecule has 0 radical (unpaired) electrons. The number of nitrogens with zero attached hydrogens (tertiary/aromatic N) is 3. The van der Waals surface area contributed by atoms with Gasteiger partial charge in [-0.1, -0.05) is 18.7 Å². The van der Waals surface area contributed by atoms with E-state index in [9.17, 15) is 41.0 Å². The maximum atomic E-state index is 13.4. The summed E-state index contributed by atoms with van der Waals surface area (Å²) in [4.78, 5) is 29.4. The lowest BCUT2D eigenvalue weighted by atomic mass is 9.98. The second-order valence-corrected chi connectivity index (χ2v) is 7.70. The van der Waals surface area contributed by atoms with Crippen molar-refractivity contribution in [1.82, 2.24) is 20.1 Å². The molecule has 0 aromatic carbocycles. The van der Waals surface area contributed by atoms with E-state index in [0.717, 1.165) is 32.1 Å². The Hall–Kier alpha value is -3.74. The Morgan fingerprint density at radius 1 is 1.23 bits per heavy atom. The van der Waals surface area contributed by atoms with Crippen molar-refractivity contribution in [2.24, 2.45) is 0 Å². The Kier molecular flexibility index (Phi) is 8.06. The average molecular weight is 502 g/mol. The maximum absolute atomic E-state index is 13.4. The second kappa shape index (κ2) is 10.3. The summed E-state index contributed by atoms with van der Waals surface area (Å²) in [7, 11) is 0. The molecular weight excluding hydrogens is 482 g/mol. The van der Waals surface area contributed by atoms with Crippen LogP contribution in [0.3, 0.4) is 0 Å². The summed E-state index contributed by atoms with van der Waals surface area (Å²) in [6, 6.07) is 0.868. The molecule has 2 rings (SSSR count). The highest BCUT2D eigenvalue weighted by atomic mass is 19.4. The molecule has 0 aliphatic rings. The molecule has 0 spiro atoms. The van der Waals surface area contributed by atoms with Crippen LogP contribution in [0.15, 0.2) is 65.8 Å².